The van der Waals surface area contributed by atoms with Crippen LogP contribution in [0.15, 0.2) is 83.6 Å². The molecule has 0 spiro atoms. The standard InChI is InChI=1S/C24H18N2S2/c1(9-19-11-7-17-27-19)3-13-21-22(14-4-2-10-20-12-8-18-28-20)26-24-16-6-5-15-23(24)25-21/h1-18H. The summed E-state index contributed by atoms with van der Waals surface area (Å²) in [7, 11) is 0. The van der Waals surface area contributed by atoms with Crippen LogP contribution in [0.2, 0.25) is 0 Å². The Balaban J connectivity index is 1.60. The molecule has 0 N–H and O–H groups in total. The molecule has 0 fully saturated rings. The molecular formula is C24H18N2S2. The Kier molecular flexibility index (Phi) is 6.02. The summed E-state index contributed by atoms with van der Waals surface area (Å²) in [4.78, 5) is 12.0. The number of rotatable bonds is 6. The number of nitrogens with zero attached hydrogens (tertiary/aromatic N) is 2. The maximum absolute atomic E-state index is 4.78. The number of thiophene rings is 2. The lowest BCUT2D eigenvalue weighted by molar-refractivity contribution is 1.24. The molecule has 0 atom stereocenters. The van der Waals surface area contributed by atoms with Crippen LogP contribution in [0.25, 0.3) is 35.3 Å². The highest BCUT2D eigenvalue weighted by molar-refractivity contribution is 7.11. The van der Waals surface area contributed by atoms with E-state index >= 15 is 0 Å². The van der Waals surface area contributed by atoms with Crippen molar-refractivity contribution in [1.29, 1.82) is 0 Å². The molecule has 0 unspecified atom stereocenters. The van der Waals surface area contributed by atoms with E-state index in [2.05, 4.69) is 47.2 Å². The average molecular weight is 399 g/mol. The van der Waals surface area contributed by atoms with E-state index < -0.39 is 0 Å². The first-order valence-corrected chi connectivity index (χ1v) is 10.7. The first kappa shape index (κ1) is 18.3. The van der Waals surface area contributed by atoms with E-state index in [0.717, 1.165) is 22.4 Å². The van der Waals surface area contributed by atoms with E-state index in [1.54, 1.807) is 22.7 Å². The molecule has 0 aliphatic rings. The normalized spacial score (nSPS) is 12.4. The average Bonchev–Trinajstić information content (AvgIpc) is 3.42. The summed E-state index contributed by atoms with van der Waals surface area (Å²) in [6, 6.07) is 16.3. The monoisotopic (exact) mass is 398 g/mol. The summed E-state index contributed by atoms with van der Waals surface area (Å²) < 4.78 is 0. The van der Waals surface area contributed by atoms with Gasteiger partial charge in [-0.15, -0.1) is 22.7 Å². The van der Waals surface area contributed by atoms with Gasteiger partial charge in [0.25, 0.3) is 0 Å². The number of allylic oxidation sites excluding steroid dienone is 4. The zero-order valence-corrected chi connectivity index (χ0v) is 16.7. The highest BCUT2D eigenvalue weighted by atomic mass is 32.1. The number of aromatic nitrogens is 2. The minimum atomic E-state index is 0.857. The fourth-order valence-corrected chi connectivity index (χ4v) is 3.90. The van der Waals surface area contributed by atoms with Gasteiger partial charge >= 0.3 is 0 Å². The highest BCUT2D eigenvalue weighted by Crippen LogP contribution is 2.17. The zero-order chi connectivity index (χ0) is 19.0. The Morgan fingerprint density at radius 2 is 1.00 bits per heavy atom. The fraction of sp³-hybridized carbons (Fsp3) is 0. The molecule has 136 valence electrons. The lowest BCUT2D eigenvalue weighted by atomic mass is 10.2. The maximum atomic E-state index is 4.78. The molecule has 1 aromatic carbocycles. The Hall–Kier alpha value is -3.08. The third-order valence-corrected chi connectivity index (χ3v) is 5.64. The molecule has 0 saturated heterocycles. The fourth-order valence-electron chi connectivity index (χ4n) is 2.64. The lowest BCUT2D eigenvalue weighted by Crippen LogP contribution is -1.93. The second kappa shape index (κ2) is 9.22. The van der Waals surface area contributed by atoms with Gasteiger partial charge in [-0.2, -0.15) is 0 Å². The first-order valence-electron chi connectivity index (χ1n) is 8.92. The van der Waals surface area contributed by atoms with Crippen LogP contribution in [0.1, 0.15) is 21.1 Å². The van der Waals surface area contributed by atoms with Crippen molar-refractivity contribution in [1.82, 2.24) is 9.97 Å². The first-order chi connectivity index (χ1) is 13.9. The molecule has 0 aliphatic heterocycles. The molecule has 0 amide bonds. The summed E-state index contributed by atoms with van der Waals surface area (Å²) in [5.41, 5.74) is 3.51. The highest BCUT2D eigenvalue weighted by Gasteiger charge is 2.03. The van der Waals surface area contributed by atoms with Gasteiger partial charge in [0.1, 0.15) is 0 Å². The Morgan fingerprint density at radius 1 is 0.536 bits per heavy atom. The maximum Gasteiger partial charge on any atom is 0.0894 e. The van der Waals surface area contributed by atoms with E-state index in [4.69, 9.17) is 9.97 Å². The lowest BCUT2D eigenvalue weighted by Gasteiger charge is -2.03. The summed E-state index contributed by atoms with van der Waals surface area (Å²) in [6.45, 7) is 0. The smallest absolute Gasteiger partial charge is 0.0894 e. The molecule has 0 saturated carbocycles. The molecule has 4 rings (SSSR count). The van der Waals surface area contributed by atoms with Crippen molar-refractivity contribution in [2.45, 2.75) is 0 Å². The summed E-state index contributed by atoms with van der Waals surface area (Å²) in [5.74, 6) is 0. The number of fused-ring (bicyclic) bond motifs is 1. The van der Waals surface area contributed by atoms with Crippen LogP contribution in [0.3, 0.4) is 0 Å². The number of hydrogen-bond acceptors (Lipinski definition) is 4. The molecule has 4 heteroatoms. The van der Waals surface area contributed by atoms with Crippen LogP contribution >= 0.6 is 22.7 Å². The van der Waals surface area contributed by atoms with Crippen molar-refractivity contribution >= 4 is 58.0 Å². The van der Waals surface area contributed by atoms with Crippen LogP contribution < -0.4 is 0 Å². The third kappa shape index (κ3) is 4.80. The van der Waals surface area contributed by atoms with E-state index in [9.17, 15) is 0 Å². The SMILES string of the molecule is C(C=Cc1nc2ccccc2nc1C=CC=Cc1cccs1)=Cc1cccs1. The van der Waals surface area contributed by atoms with E-state index in [0.29, 0.717) is 0 Å². The Labute approximate surface area is 172 Å². The molecule has 4 aromatic rings. The van der Waals surface area contributed by atoms with Gasteiger partial charge in [0.2, 0.25) is 0 Å². The van der Waals surface area contributed by atoms with E-state index in [-0.39, 0.29) is 0 Å². The summed E-state index contributed by atoms with van der Waals surface area (Å²) >= 11 is 3.44. The van der Waals surface area contributed by atoms with Gasteiger partial charge in [0, 0.05) is 9.75 Å². The molecule has 0 radical (unpaired) electrons. The predicted octanol–water partition coefficient (Wildman–Crippen LogP) is 7.21. The molecule has 0 aliphatic carbocycles. The van der Waals surface area contributed by atoms with Crippen molar-refractivity contribution < 1.29 is 0 Å². The second-order valence-electron chi connectivity index (χ2n) is 5.95. The van der Waals surface area contributed by atoms with Crippen LogP contribution in [0.5, 0.6) is 0 Å². The van der Waals surface area contributed by atoms with Crippen molar-refractivity contribution in [2.75, 3.05) is 0 Å². The zero-order valence-electron chi connectivity index (χ0n) is 15.1. The number of hydrogen-bond donors (Lipinski definition) is 0. The molecule has 3 heterocycles. The van der Waals surface area contributed by atoms with Gasteiger partial charge in [-0.25, -0.2) is 9.97 Å². The van der Waals surface area contributed by atoms with Gasteiger partial charge in [-0.3, -0.25) is 0 Å². The topological polar surface area (TPSA) is 25.8 Å². The van der Waals surface area contributed by atoms with Gasteiger partial charge < -0.3 is 0 Å². The third-order valence-electron chi connectivity index (χ3n) is 3.96. The molecule has 2 nitrogen and oxygen atoms in total. The molecule has 0 bridgehead atoms. The van der Waals surface area contributed by atoms with Crippen molar-refractivity contribution in [3.8, 4) is 0 Å². The van der Waals surface area contributed by atoms with Crippen LogP contribution in [0.4, 0.5) is 0 Å². The van der Waals surface area contributed by atoms with Crippen molar-refractivity contribution in [3.05, 3.63) is 105 Å². The van der Waals surface area contributed by atoms with Crippen molar-refractivity contribution in [3.63, 3.8) is 0 Å². The number of benzene rings is 1. The quantitative estimate of drug-likeness (QED) is 0.321. The second-order valence-corrected chi connectivity index (χ2v) is 7.91. The van der Waals surface area contributed by atoms with Crippen LogP contribution in [-0.4, -0.2) is 9.97 Å². The molecule has 28 heavy (non-hydrogen) atoms. The summed E-state index contributed by atoms with van der Waals surface area (Å²) in [6.07, 6.45) is 16.3. The molecular weight excluding hydrogens is 380 g/mol. The van der Waals surface area contributed by atoms with Gasteiger partial charge in [0.15, 0.2) is 0 Å². The molecule has 3 aromatic heterocycles. The predicted molar refractivity (Wildman–Crippen MR) is 124 cm³/mol. The van der Waals surface area contributed by atoms with E-state index in [1.807, 2.05) is 60.7 Å². The largest absolute Gasteiger partial charge is 0.245 e. The Morgan fingerprint density at radius 3 is 1.43 bits per heavy atom. The van der Waals surface area contributed by atoms with Gasteiger partial charge in [-0.05, 0) is 59.3 Å². The minimum Gasteiger partial charge on any atom is -0.245 e. The number of para-hydroxylation sites is 2. The van der Waals surface area contributed by atoms with E-state index in [1.165, 1.54) is 9.75 Å². The minimum absolute atomic E-state index is 0.857. The van der Waals surface area contributed by atoms with Gasteiger partial charge in [-0.1, -0.05) is 48.6 Å². The Bertz CT molecular complexity index is 1060. The summed E-state index contributed by atoms with van der Waals surface area (Å²) in [5, 5.41) is 4.15. The van der Waals surface area contributed by atoms with Crippen molar-refractivity contribution in [2.24, 2.45) is 0 Å². The van der Waals surface area contributed by atoms with Gasteiger partial charge in [0.05, 0.1) is 22.4 Å². The van der Waals surface area contributed by atoms with Crippen LogP contribution in [-0.2, 0) is 0 Å². The van der Waals surface area contributed by atoms with Crippen LogP contribution in [0, 0.1) is 0 Å².